The van der Waals surface area contributed by atoms with Crippen molar-refractivity contribution >= 4 is 11.6 Å². The second-order valence-corrected chi connectivity index (χ2v) is 4.49. The Morgan fingerprint density at radius 1 is 1.79 bits per heavy atom. The third kappa shape index (κ3) is 3.28. The van der Waals surface area contributed by atoms with Crippen LogP contribution in [0.2, 0.25) is 0 Å². The van der Waals surface area contributed by atoms with E-state index in [1.807, 2.05) is 0 Å². The van der Waals surface area contributed by atoms with E-state index in [4.69, 9.17) is 4.74 Å². The first-order chi connectivity index (χ1) is 9.08. The van der Waals surface area contributed by atoms with Crippen LogP contribution >= 0.6 is 0 Å². The summed E-state index contributed by atoms with van der Waals surface area (Å²) in [6.07, 6.45) is 4.41. The van der Waals surface area contributed by atoms with E-state index in [1.54, 1.807) is 6.92 Å². The summed E-state index contributed by atoms with van der Waals surface area (Å²) < 4.78 is 6.68. The molecule has 19 heavy (non-hydrogen) atoms. The van der Waals surface area contributed by atoms with Crippen LogP contribution in [0.15, 0.2) is 12.4 Å². The smallest absolute Gasteiger partial charge is 0.307 e. The van der Waals surface area contributed by atoms with Gasteiger partial charge in [0.15, 0.2) is 0 Å². The van der Waals surface area contributed by atoms with Crippen molar-refractivity contribution in [2.75, 3.05) is 13.2 Å². The van der Waals surface area contributed by atoms with E-state index in [0.29, 0.717) is 6.54 Å². The minimum absolute atomic E-state index is 0.0723. The highest BCUT2D eigenvalue weighted by Crippen LogP contribution is 2.14. The molecule has 2 rings (SSSR count). The molecule has 1 saturated heterocycles. The van der Waals surface area contributed by atoms with Gasteiger partial charge in [-0.15, -0.1) is 0 Å². The van der Waals surface area contributed by atoms with Crippen LogP contribution in [0, 0.1) is 10.1 Å². The van der Waals surface area contributed by atoms with Gasteiger partial charge in [0.2, 0.25) is 5.91 Å². The number of nitro groups is 1. The Kier molecular flexibility index (Phi) is 4.10. The summed E-state index contributed by atoms with van der Waals surface area (Å²) in [4.78, 5) is 21.9. The van der Waals surface area contributed by atoms with Crippen LogP contribution in [0.25, 0.3) is 0 Å². The predicted octanol–water partition coefficient (Wildman–Crippen LogP) is 0.647. The lowest BCUT2D eigenvalue weighted by molar-refractivity contribution is -0.385. The number of hydrogen-bond acceptors (Lipinski definition) is 5. The summed E-state index contributed by atoms with van der Waals surface area (Å²) in [7, 11) is 0. The van der Waals surface area contributed by atoms with Gasteiger partial charge < -0.3 is 10.1 Å². The zero-order chi connectivity index (χ0) is 13.8. The molecule has 1 aromatic rings. The van der Waals surface area contributed by atoms with Crippen LogP contribution in [-0.4, -0.2) is 39.9 Å². The molecule has 0 aromatic carbocycles. The highest BCUT2D eigenvalue weighted by molar-refractivity contribution is 5.79. The number of nitrogens with one attached hydrogen (secondary N) is 1. The fourth-order valence-corrected chi connectivity index (χ4v) is 1.92. The lowest BCUT2D eigenvalue weighted by atomic mass is 10.2. The van der Waals surface area contributed by atoms with E-state index >= 15 is 0 Å². The van der Waals surface area contributed by atoms with Gasteiger partial charge in [-0.25, -0.2) is 0 Å². The highest BCUT2D eigenvalue weighted by Gasteiger charge is 2.21. The summed E-state index contributed by atoms with van der Waals surface area (Å²) in [5.41, 5.74) is -0.126. The van der Waals surface area contributed by atoms with E-state index in [2.05, 4.69) is 10.4 Å². The second kappa shape index (κ2) is 5.79. The maximum Gasteiger partial charge on any atom is 0.307 e. The molecule has 1 aromatic heterocycles. The lowest BCUT2D eigenvalue weighted by Crippen LogP contribution is -2.36. The van der Waals surface area contributed by atoms with Gasteiger partial charge >= 0.3 is 5.69 Å². The molecule has 1 amide bonds. The SMILES string of the molecule is C[C@@H](C(=O)NC[C@@H]1CCCO1)n1cc([N+](=O)[O-])cn1. The van der Waals surface area contributed by atoms with Gasteiger partial charge in [0, 0.05) is 13.2 Å². The van der Waals surface area contributed by atoms with Gasteiger partial charge in [-0.3, -0.25) is 19.6 Å². The number of amides is 1. The third-order valence-electron chi connectivity index (χ3n) is 3.10. The topological polar surface area (TPSA) is 99.3 Å². The number of hydrogen-bond donors (Lipinski definition) is 1. The van der Waals surface area contributed by atoms with Crippen molar-refractivity contribution in [3.63, 3.8) is 0 Å². The van der Waals surface area contributed by atoms with Crippen molar-refractivity contribution in [3.8, 4) is 0 Å². The van der Waals surface area contributed by atoms with E-state index in [9.17, 15) is 14.9 Å². The molecule has 2 atom stereocenters. The van der Waals surface area contributed by atoms with Crippen molar-refractivity contribution in [2.45, 2.75) is 31.9 Å². The molecule has 0 unspecified atom stereocenters. The van der Waals surface area contributed by atoms with Gasteiger partial charge in [0.05, 0.1) is 11.0 Å². The molecule has 0 saturated carbocycles. The number of nitrogens with zero attached hydrogens (tertiary/aromatic N) is 3. The van der Waals surface area contributed by atoms with E-state index in [-0.39, 0.29) is 17.7 Å². The van der Waals surface area contributed by atoms with Crippen LogP contribution in [0.5, 0.6) is 0 Å². The first-order valence-corrected chi connectivity index (χ1v) is 6.16. The average molecular weight is 268 g/mol. The van der Waals surface area contributed by atoms with Gasteiger partial charge in [-0.1, -0.05) is 0 Å². The lowest BCUT2D eigenvalue weighted by Gasteiger charge is -2.14. The largest absolute Gasteiger partial charge is 0.376 e. The molecule has 0 spiro atoms. The molecule has 0 radical (unpaired) electrons. The molecule has 104 valence electrons. The number of rotatable bonds is 5. The number of carbonyl (C=O) groups is 1. The molecule has 1 aliphatic heterocycles. The summed E-state index contributed by atoms with van der Waals surface area (Å²) in [6, 6.07) is -0.588. The normalized spacial score (nSPS) is 20.2. The van der Waals surface area contributed by atoms with E-state index < -0.39 is 11.0 Å². The molecule has 2 heterocycles. The molecule has 0 bridgehead atoms. The van der Waals surface area contributed by atoms with Crippen LogP contribution < -0.4 is 5.32 Å². The fraction of sp³-hybridized carbons (Fsp3) is 0.636. The Morgan fingerprint density at radius 3 is 3.16 bits per heavy atom. The second-order valence-electron chi connectivity index (χ2n) is 4.49. The Bertz CT molecular complexity index is 467. The maximum absolute atomic E-state index is 11.9. The Labute approximate surface area is 109 Å². The van der Waals surface area contributed by atoms with Crippen LogP contribution in [-0.2, 0) is 9.53 Å². The standard InChI is InChI=1S/C11H16N4O4/c1-8(14-7-9(5-13-14)15(17)18)11(16)12-6-10-3-2-4-19-10/h5,7-8,10H,2-4,6H2,1H3,(H,12,16)/t8-,10-/m0/s1. The number of aromatic nitrogens is 2. The summed E-state index contributed by atoms with van der Waals surface area (Å²) in [5.74, 6) is -0.228. The van der Waals surface area contributed by atoms with Crippen molar-refractivity contribution < 1.29 is 14.5 Å². The van der Waals surface area contributed by atoms with Crippen molar-refractivity contribution in [3.05, 3.63) is 22.5 Å². The molecule has 8 heteroatoms. The first-order valence-electron chi connectivity index (χ1n) is 6.16. The molecule has 8 nitrogen and oxygen atoms in total. The minimum atomic E-state index is -0.588. The first kappa shape index (κ1) is 13.5. The molecule has 1 fully saturated rings. The molecule has 1 N–H and O–H groups in total. The minimum Gasteiger partial charge on any atom is -0.376 e. The van der Waals surface area contributed by atoms with Gasteiger partial charge in [-0.2, -0.15) is 5.10 Å². The molecule has 0 aliphatic carbocycles. The molecule has 1 aliphatic rings. The number of carbonyl (C=O) groups excluding carboxylic acids is 1. The third-order valence-corrected chi connectivity index (χ3v) is 3.10. The van der Waals surface area contributed by atoms with Crippen molar-refractivity contribution in [1.29, 1.82) is 0 Å². The number of ether oxygens (including phenoxy) is 1. The average Bonchev–Trinajstić information content (AvgIpc) is 3.05. The Morgan fingerprint density at radius 2 is 2.58 bits per heavy atom. The zero-order valence-electron chi connectivity index (χ0n) is 10.6. The van der Waals surface area contributed by atoms with Crippen molar-refractivity contribution in [2.24, 2.45) is 0 Å². The molecular weight excluding hydrogens is 252 g/mol. The van der Waals surface area contributed by atoms with Crippen molar-refractivity contribution in [1.82, 2.24) is 15.1 Å². The van der Waals surface area contributed by atoms with Crippen LogP contribution in [0.1, 0.15) is 25.8 Å². The van der Waals surface area contributed by atoms with Crippen LogP contribution in [0.3, 0.4) is 0 Å². The van der Waals surface area contributed by atoms with Gasteiger partial charge in [0.1, 0.15) is 18.4 Å². The van der Waals surface area contributed by atoms with Crippen LogP contribution in [0.4, 0.5) is 5.69 Å². The fourth-order valence-electron chi connectivity index (χ4n) is 1.92. The van der Waals surface area contributed by atoms with E-state index in [1.165, 1.54) is 10.9 Å². The Hall–Kier alpha value is -1.96. The quantitative estimate of drug-likeness (QED) is 0.624. The zero-order valence-corrected chi connectivity index (χ0v) is 10.6. The highest BCUT2D eigenvalue weighted by atomic mass is 16.6. The van der Waals surface area contributed by atoms with Gasteiger partial charge in [0.25, 0.3) is 0 Å². The van der Waals surface area contributed by atoms with E-state index in [0.717, 1.165) is 25.6 Å². The van der Waals surface area contributed by atoms with Gasteiger partial charge in [-0.05, 0) is 19.8 Å². The predicted molar refractivity (Wildman–Crippen MR) is 65.6 cm³/mol. The molecular formula is C11H16N4O4. The maximum atomic E-state index is 11.9. The summed E-state index contributed by atoms with van der Waals surface area (Å²) in [5, 5.41) is 17.1. The summed E-state index contributed by atoms with van der Waals surface area (Å²) in [6.45, 7) is 2.84. The summed E-state index contributed by atoms with van der Waals surface area (Å²) >= 11 is 0. The monoisotopic (exact) mass is 268 g/mol. The Balaban J connectivity index is 1.88.